The van der Waals surface area contributed by atoms with E-state index >= 15 is 0 Å². The maximum atomic E-state index is 11.7. The SMILES string of the molecule is CC(C)(C)c1cc(-c2cc3c(cn2)CCc2nc(-c4ccccc4)ccc2-3)[c-]c2ccccc12.CCC(CC)C(=O)/C=C(\O)C(CC)CC.[Ir]. The predicted molar refractivity (Wildman–Crippen MR) is 205 cm³/mol. The molecule has 0 spiro atoms. The first-order valence-corrected chi connectivity index (χ1v) is 18.0. The molecule has 50 heavy (non-hydrogen) atoms. The second-order valence-electron chi connectivity index (χ2n) is 14.2. The van der Waals surface area contributed by atoms with Gasteiger partial charge in [0, 0.05) is 66.7 Å². The first-order valence-electron chi connectivity index (χ1n) is 18.0. The van der Waals surface area contributed by atoms with Crippen LogP contribution >= 0.6 is 0 Å². The molecule has 2 heterocycles. The zero-order chi connectivity index (χ0) is 35.1. The van der Waals surface area contributed by atoms with Gasteiger partial charge in [0.2, 0.25) is 0 Å². The number of ketones is 1. The van der Waals surface area contributed by atoms with Gasteiger partial charge >= 0.3 is 0 Å². The third-order valence-electron chi connectivity index (χ3n) is 9.89. The molecule has 5 heteroatoms. The molecule has 0 fully saturated rings. The normalized spacial score (nSPS) is 12.5. The number of rotatable bonds is 9. The number of hydrogen-bond donors (Lipinski definition) is 1. The van der Waals surface area contributed by atoms with Gasteiger partial charge in [-0.25, -0.2) is 0 Å². The molecule has 1 N–H and O–H groups in total. The third kappa shape index (κ3) is 8.86. The molecule has 263 valence electrons. The molecule has 0 saturated carbocycles. The molecule has 0 unspecified atom stereocenters. The van der Waals surface area contributed by atoms with Crippen molar-refractivity contribution < 1.29 is 30.0 Å². The number of carbonyl (C=O) groups is 1. The van der Waals surface area contributed by atoms with Gasteiger partial charge in [-0.05, 0) is 61.1 Å². The molecule has 1 aliphatic carbocycles. The second kappa shape index (κ2) is 17.3. The van der Waals surface area contributed by atoms with Crippen molar-refractivity contribution in [2.75, 3.05) is 0 Å². The maximum Gasteiger partial charge on any atom is 0.162 e. The Kier molecular flexibility index (Phi) is 13.5. The van der Waals surface area contributed by atoms with Crippen LogP contribution in [0.3, 0.4) is 0 Å². The van der Waals surface area contributed by atoms with Gasteiger partial charge in [0.15, 0.2) is 5.78 Å². The molecule has 6 rings (SSSR count). The van der Waals surface area contributed by atoms with Crippen molar-refractivity contribution in [3.8, 4) is 33.6 Å². The number of aryl methyl sites for hydroxylation is 2. The number of pyridine rings is 2. The predicted octanol–water partition coefficient (Wildman–Crippen LogP) is 11.7. The smallest absolute Gasteiger partial charge is 0.162 e. The number of aromatic nitrogens is 2. The van der Waals surface area contributed by atoms with Crippen LogP contribution in [-0.2, 0) is 43.2 Å². The maximum absolute atomic E-state index is 11.7. The van der Waals surface area contributed by atoms with Crippen LogP contribution in [0, 0.1) is 17.9 Å². The molecule has 4 nitrogen and oxygen atoms in total. The number of aliphatic hydroxyl groups is 1. The van der Waals surface area contributed by atoms with Crippen LogP contribution in [0.1, 0.15) is 91.0 Å². The van der Waals surface area contributed by atoms with E-state index in [1.54, 1.807) is 0 Å². The topological polar surface area (TPSA) is 63.1 Å². The largest absolute Gasteiger partial charge is 0.512 e. The Hall–Kier alpha value is -3.92. The summed E-state index contributed by atoms with van der Waals surface area (Å²) < 4.78 is 0. The van der Waals surface area contributed by atoms with Gasteiger partial charge in [0.1, 0.15) is 0 Å². The Morgan fingerprint density at radius 3 is 2.14 bits per heavy atom. The molecule has 0 atom stereocenters. The van der Waals surface area contributed by atoms with Crippen molar-refractivity contribution in [1.82, 2.24) is 9.97 Å². The number of carbonyl (C=O) groups excluding carboxylic acids is 1. The summed E-state index contributed by atoms with van der Waals surface area (Å²) in [5, 5.41) is 12.2. The van der Waals surface area contributed by atoms with Crippen LogP contribution in [-0.4, -0.2) is 20.9 Å². The number of hydrogen-bond acceptors (Lipinski definition) is 4. The fraction of sp³-hybridized carbons (Fsp3) is 0.356. The van der Waals surface area contributed by atoms with E-state index < -0.39 is 0 Å². The second-order valence-corrected chi connectivity index (χ2v) is 14.2. The molecule has 5 aromatic rings. The number of benzene rings is 3. The molecule has 0 bridgehead atoms. The Bertz CT molecular complexity index is 1930. The molecular weight excluding hydrogens is 793 g/mol. The average Bonchev–Trinajstić information content (AvgIpc) is 3.12. The first kappa shape index (κ1) is 38.9. The molecule has 2 aromatic heterocycles. The van der Waals surface area contributed by atoms with Crippen molar-refractivity contribution in [1.29, 1.82) is 0 Å². The van der Waals surface area contributed by atoms with E-state index in [4.69, 9.17) is 9.97 Å². The zero-order valence-electron chi connectivity index (χ0n) is 30.6. The molecule has 0 aliphatic heterocycles. The van der Waals surface area contributed by atoms with Crippen LogP contribution in [0.15, 0.2) is 96.9 Å². The number of nitrogens with zero attached hydrogens (tertiary/aromatic N) is 2. The summed E-state index contributed by atoms with van der Waals surface area (Å²) in [5.74, 6) is 0.547. The zero-order valence-corrected chi connectivity index (χ0v) is 33.0. The summed E-state index contributed by atoms with van der Waals surface area (Å²) in [7, 11) is 0. The van der Waals surface area contributed by atoms with Crippen molar-refractivity contribution in [3.05, 3.63) is 120 Å². The van der Waals surface area contributed by atoms with Gasteiger partial charge in [-0.1, -0.05) is 120 Å². The van der Waals surface area contributed by atoms with E-state index in [0.29, 0.717) is 0 Å². The van der Waals surface area contributed by atoms with Gasteiger partial charge in [-0.3, -0.25) is 14.8 Å². The van der Waals surface area contributed by atoms with E-state index in [1.807, 2.05) is 33.8 Å². The van der Waals surface area contributed by atoms with E-state index in [-0.39, 0.29) is 48.9 Å². The summed E-state index contributed by atoms with van der Waals surface area (Å²) in [4.78, 5) is 21.6. The van der Waals surface area contributed by atoms with Crippen molar-refractivity contribution in [2.45, 2.75) is 92.4 Å². The molecule has 1 radical (unpaired) electrons. The number of fused-ring (bicyclic) bond motifs is 4. The first-order chi connectivity index (χ1) is 23.6. The van der Waals surface area contributed by atoms with E-state index in [9.17, 15) is 9.90 Å². The summed E-state index contributed by atoms with van der Waals surface area (Å²) >= 11 is 0. The Morgan fingerprint density at radius 2 is 1.48 bits per heavy atom. The van der Waals surface area contributed by atoms with Crippen LogP contribution in [0.25, 0.3) is 44.4 Å². The van der Waals surface area contributed by atoms with Gasteiger partial charge in [0.05, 0.1) is 11.5 Å². The van der Waals surface area contributed by atoms with Crippen LogP contribution in [0.2, 0.25) is 0 Å². The van der Waals surface area contributed by atoms with E-state index in [0.717, 1.165) is 66.4 Å². The Balaban J connectivity index is 0.000000301. The Morgan fingerprint density at radius 1 is 0.820 bits per heavy atom. The fourth-order valence-electron chi connectivity index (χ4n) is 6.81. The number of aliphatic hydroxyl groups excluding tert-OH is 1. The summed E-state index contributed by atoms with van der Waals surface area (Å²) in [6.07, 6.45) is 8.87. The van der Waals surface area contributed by atoms with Crippen LogP contribution in [0.4, 0.5) is 0 Å². The minimum atomic E-state index is 0. The van der Waals surface area contributed by atoms with Gasteiger partial charge in [-0.2, -0.15) is 0 Å². The third-order valence-corrected chi connectivity index (χ3v) is 9.89. The van der Waals surface area contributed by atoms with Crippen LogP contribution < -0.4 is 0 Å². The number of allylic oxidation sites excluding steroid dienone is 2. The molecule has 0 amide bonds. The molecule has 0 saturated heterocycles. The van der Waals surface area contributed by atoms with Gasteiger partial charge in [0.25, 0.3) is 0 Å². The quantitative estimate of drug-likeness (QED) is 0.0912. The monoisotopic (exact) mass is 844 g/mol. The van der Waals surface area contributed by atoms with Crippen molar-refractivity contribution in [3.63, 3.8) is 0 Å². The molecular formula is C45H51IrN2O2-. The minimum Gasteiger partial charge on any atom is -0.512 e. The summed E-state index contributed by atoms with van der Waals surface area (Å²) in [5.41, 5.74) is 10.5. The van der Waals surface area contributed by atoms with Gasteiger partial charge in [-0.15, -0.1) is 29.1 Å². The standard InChI is InChI=1S/C32H27N2.C13H24O2.Ir/c1-32(2,3)28-18-24(17-22-11-7-8-12-25(22)28)31-19-27-23(20-33-31)13-15-30-26(27)14-16-29(34-30)21-9-5-4-6-10-21;1-5-10(6-2)12(14)9-13(15)11(7-3)8-4;/h4-12,14,16,18-20H,13,15H2,1-3H3;9-11,14H,5-8H2,1-4H3;/q-1;;/b;12-9-;. The summed E-state index contributed by atoms with van der Waals surface area (Å²) in [6, 6.07) is 31.5. The Labute approximate surface area is 312 Å². The molecule has 1 aliphatic rings. The molecule has 3 aromatic carbocycles. The van der Waals surface area contributed by atoms with Crippen molar-refractivity contribution >= 4 is 16.6 Å². The minimum absolute atomic E-state index is 0. The average molecular weight is 844 g/mol. The van der Waals surface area contributed by atoms with Crippen molar-refractivity contribution in [2.24, 2.45) is 11.8 Å². The van der Waals surface area contributed by atoms with Crippen LogP contribution in [0.5, 0.6) is 0 Å². The van der Waals surface area contributed by atoms with Gasteiger partial charge < -0.3 is 5.11 Å². The fourth-order valence-corrected chi connectivity index (χ4v) is 6.81. The van der Waals surface area contributed by atoms with E-state index in [1.165, 1.54) is 39.4 Å². The summed E-state index contributed by atoms with van der Waals surface area (Å²) in [6.45, 7) is 14.9. The van der Waals surface area contributed by atoms with E-state index in [2.05, 4.69) is 106 Å².